The first-order valence-electron chi connectivity index (χ1n) is 4.93. The molecule has 17 heavy (non-hydrogen) atoms. The Balaban J connectivity index is 2.28. The fourth-order valence-electron chi connectivity index (χ4n) is 1.29. The highest BCUT2D eigenvalue weighted by atomic mass is 79.9. The maximum atomic E-state index is 5.72. The molecule has 1 aromatic carbocycles. The predicted octanol–water partition coefficient (Wildman–Crippen LogP) is 3.59. The number of ether oxygens (including phenoxy) is 1. The molecule has 0 saturated carbocycles. The molecule has 0 saturated heterocycles. The minimum Gasteiger partial charge on any atom is -0.480 e. The van der Waals surface area contributed by atoms with Crippen LogP contribution < -0.4 is 10.5 Å². The van der Waals surface area contributed by atoms with Crippen LogP contribution >= 0.6 is 27.7 Å². The molecule has 1 heterocycles. The molecule has 2 rings (SSSR count). The molecule has 0 aliphatic carbocycles. The second kappa shape index (κ2) is 5.42. The SMILES string of the molecule is COc1nc(Sc2ccccc2Br)ccc1N. The van der Waals surface area contributed by atoms with Crippen molar-refractivity contribution in [2.24, 2.45) is 0 Å². The Kier molecular flexibility index (Phi) is 3.91. The van der Waals surface area contributed by atoms with Gasteiger partial charge in [-0.05, 0) is 40.2 Å². The largest absolute Gasteiger partial charge is 0.480 e. The van der Waals surface area contributed by atoms with E-state index in [1.165, 1.54) is 0 Å². The van der Waals surface area contributed by atoms with Gasteiger partial charge in [-0.2, -0.15) is 0 Å². The fourth-order valence-corrected chi connectivity index (χ4v) is 2.62. The van der Waals surface area contributed by atoms with Crippen LogP contribution in [-0.4, -0.2) is 12.1 Å². The van der Waals surface area contributed by atoms with Gasteiger partial charge in [0.25, 0.3) is 0 Å². The zero-order valence-electron chi connectivity index (χ0n) is 9.18. The molecule has 5 heteroatoms. The summed E-state index contributed by atoms with van der Waals surface area (Å²) in [4.78, 5) is 5.43. The Labute approximate surface area is 113 Å². The Morgan fingerprint density at radius 1 is 1.24 bits per heavy atom. The number of nitrogens with zero attached hydrogens (tertiary/aromatic N) is 1. The van der Waals surface area contributed by atoms with E-state index in [-0.39, 0.29) is 0 Å². The standard InChI is InChI=1S/C12H11BrN2OS/c1-16-12-9(14)6-7-11(15-12)17-10-5-3-2-4-8(10)13/h2-7H,14H2,1H3. The smallest absolute Gasteiger partial charge is 0.237 e. The topological polar surface area (TPSA) is 48.1 Å². The number of rotatable bonds is 3. The van der Waals surface area contributed by atoms with Crippen LogP contribution in [-0.2, 0) is 0 Å². The monoisotopic (exact) mass is 310 g/mol. The highest BCUT2D eigenvalue weighted by Crippen LogP contribution is 2.33. The third-order valence-corrected chi connectivity index (χ3v) is 4.08. The molecule has 1 aromatic heterocycles. The van der Waals surface area contributed by atoms with Crippen molar-refractivity contribution in [1.82, 2.24) is 4.98 Å². The van der Waals surface area contributed by atoms with Gasteiger partial charge in [0, 0.05) is 9.37 Å². The van der Waals surface area contributed by atoms with Crippen LogP contribution in [0.1, 0.15) is 0 Å². The van der Waals surface area contributed by atoms with Gasteiger partial charge in [-0.3, -0.25) is 0 Å². The van der Waals surface area contributed by atoms with E-state index in [1.807, 2.05) is 30.3 Å². The molecular weight excluding hydrogens is 300 g/mol. The number of hydrogen-bond acceptors (Lipinski definition) is 4. The summed E-state index contributed by atoms with van der Waals surface area (Å²) >= 11 is 5.06. The summed E-state index contributed by atoms with van der Waals surface area (Å²) < 4.78 is 6.14. The second-order valence-electron chi connectivity index (χ2n) is 3.28. The van der Waals surface area contributed by atoms with E-state index in [4.69, 9.17) is 10.5 Å². The van der Waals surface area contributed by atoms with Gasteiger partial charge in [-0.1, -0.05) is 23.9 Å². The maximum absolute atomic E-state index is 5.72. The predicted molar refractivity (Wildman–Crippen MR) is 73.5 cm³/mol. The van der Waals surface area contributed by atoms with Crippen LogP contribution in [0, 0.1) is 0 Å². The lowest BCUT2D eigenvalue weighted by atomic mass is 10.4. The number of halogens is 1. The summed E-state index contributed by atoms with van der Waals surface area (Å²) in [5, 5.41) is 0.850. The minimum absolute atomic E-state index is 0.460. The summed E-state index contributed by atoms with van der Waals surface area (Å²) in [7, 11) is 1.56. The molecule has 0 spiro atoms. The van der Waals surface area contributed by atoms with Gasteiger partial charge in [0.15, 0.2) is 0 Å². The highest BCUT2D eigenvalue weighted by molar-refractivity contribution is 9.10. The zero-order valence-corrected chi connectivity index (χ0v) is 11.6. The quantitative estimate of drug-likeness (QED) is 0.941. The lowest BCUT2D eigenvalue weighted by molar-refractivity contribution is 0.397. The summed E-state index contributed by atoms with van der Waals surface area (Å²) in [5.74, 6) is 0.460. The molecule has 0 atom stereocenters. The molecule has 2 aromatic rings. The van der Waals surface area contributed by atoms with Crippen LogP contribution in [0.3, 0.4) is 0 Å². The molecule has 0 amide bonds. The third kappa shape index (κ3) is 2.92. The first-order chi connectivity index (χ1) is 8.20. The van der Waals surface area contributed by atoms with Crippen LogP contribution in [0.5, 0.6) is 5.88 Å². The third-order valence-electron chi connectivity index (χ3n) is 2.11. The molecule has 0 radical (unpaired) electrons. The lowest BCUT2D eigenvalue weighted by Gasteiger charge is -2.06. The fraction of sp³-hybridized carbons (Fsp3) is 0.0833. The van der Waals surface area contributed by atoms with Crippen molar-refractivity contribution >= 4 is 33.4 Å². The van der Waals surface area contributed by atoms with Crippen LogP contribution in [0.4, 0.5) is 5.69 Å². The van der Waals surface area contributed by atoms with Gasteiger partial charge in [-0.25, -0.2) is 4.98 Å². The van der Waals surface area contributed by atoms with Crippen LogP contribution in [0.2, 0.25) is 0 Å². The summed E-state index contributed by atoms with van der Waals surface area (Å²) in [6.45, 7) is 0. The van der Waals surface area contributed by atoms with Gasteiger partial charge in [0.1, 0.15) is 5.03 Å². The van der Waals surface area contributed by atoms with E-state index in [9.17, 15) is 0 Å². The Bertz CT molecular complexity index is 534. The Morgan fingerprint density at radius 3 is 2.71 bits per heavy atom. The van der Waals surface area contributed by atoms with E-state index in [0.29, 0.717) is 11.6 Å². The normalized spacial score (nSPS) is 10.2. The van der Waals surface area contributed by atoms with E-state index in [2.05, 4.69) is 20.9 Å². The Hall–Kier alpha value is -1.20. The number of nitrogen functional groups attached to an aromatic ring is 1. The van der Waals surface area contributed by atoms with Crippen molar-refractivity contribution in [3.8, 4) is 5.88 Å². The number of anilines is 1. The van der Waals surface area contributed by atoms with Crippen LogP contribution in [0.25, 0.3) is 0 Å². The van der Waals surface area contributed by atoms with E-state index >= 15 is 0 Å². The molecule has 0 aliphatic heterocycles. The molecule has 0 bridgehead atoms. The molecule has 2 N–H and O–H groups in total. The van der Waals surface area contributed by atoms with Crippen molar-refractivity contribution in [2.75, 3.05) is 12.8 Å². The van der Waals surface area contributed by atoms with Crippen LogP contribution in [0.15, 0.2) is 50.8 Å². The summed E-state index contributed by atoms with van der Waals surface area (Å²) in [5.41, 5.74) is 6.26. The molecule has 0 unspecified atom stereocenters. The second-order valence-corrected chi connectivity index (χ2v) is 5.20. The maximum Gasteiger partial charge on any atom is 0.237 e. The number of hydrogen-bond donors (Lipinski definition) is 1. The highest BCUT2D eigenvalue weighted by Gasteiger charge is 2.06. The number of pyridine rings is 1. The van der Waals surface area contributed by atoms with Crippen molar-refractivity contribution in [1.29, 1.82) is 0 Å². The molecular formula is C12H11BrN2OS. The van der Waals surface area contributed by atoms with Gasteiger partial charge < -0.3 is 10.5 Å². The van der Waals surface area contributed by atoms with Gasteiger partial charge >= 0.3 is 0 Å². The van der Waals surface area contributed by atoms with E-state index in [0.717, 1.165) is 14.4 Å². The van der Waals surface area contributed by atoms with Crippen molar-refractivity contribution in [3.05, 3.63) is 40.9 Å². The lowest BCUT2D eigenvalue weighted by Crippen LogP contribution is -1.95. The Morgan fingerprint density at radius 2 is 2.00 bits per heavy atom. The van der Waals surface area contributed by atoms with Gasteiger partial charge in [0.05, 0.1) is 12.8 Å². The van der Waals surface area contributed by atoms with Gasteiger partial charge in [0.2, 0.25) is 5.88 Å². The number of methoxy groups -OCH3 is 1. The average molecular weight is 311 g/mol. The first kappa shape index (κ1) is 12.3. The average Bonchev–Trinajstić information content (AvgIpc) is 2.34. The molecule has 0 fully saturated rings. The number of nitrogens with two attached hydrogens (primary N) is 1. The minimum atomic E-state index is 0.460. The zero-order chi connectivity index (χ0) is 12.3. The first-order valence-corrected chi connectivity index (χ1v) is 6.54. The van der Waals surface area contributed by atoms with E-state index < -0.39 is 0 Å². The molecule has 0 aliphatic rings. The number of benzene rings is 1. The van der Waals surface area contributed by atoms with Crippen molar-refractivity contribution < 1.29 is 4.74 Å². The van der Waals surface area contributed by atoms with Crippen molar-refractivity contribution in [2.45, 2.75) is 9.92 Å². The summed E-state index contributed by atoms with van der Waals surface area (Å²) in [6, 6.07) is 11.7. The van der Waals surface area contributed by atoms with Crippen molar-refractivity contribution in [3.63, 3.8) is 0 Å². The number of aromatic nitrogens is 1. The molecule has 3 nitrogen and oxygen atoms in total. The van der Waals surface area contributed by atoms with E-state index in [1.54, 1.807) is 24.9 Å². The summed E-state index contributed by atoms with van der Waals surface area (Å²) in [6.07, 6.45) is 0. The molecule has 88 valence electrons. The van der Waals surface area contributed by atoms with Gasteiger partial charge in [-0.15, -0.1) is 0 Å².